The predicted molar refractivity (Wildman–Crippen MR) is 84.0 cm³/mol. The molecule has 0 aliphatic heterocycles. The van der Waals surface area contributed by atoms with Crippen molar-refractivity contribution in [2.75, 3.05) is 6.54 Å². The van der Waals surface area contributed by atoms with Gasteiger partial charge in [0.15, 0.2) is 0 Å². The predicted octanol–water partition coefficient (Wildman–Crippen LogP) is 3.54. The van der Waals surface area contributed by atoms with Crippen molar-refractivity contribution in [1.82, 2.24) is 5.32 Å². The average molecular weight is 293 g/mol. The van der Waals surface area contributed by atoms with Crippen LogP contribution in [0.4, 0.5) is 0 Å². The van der Waals surface area contributed by atoms with Gasteiger partial charge in [0, 0.05) is 6.04 Å². The largest absolute Gasteiger partial charge is 0.481 e. The summed E-state index contributed by atoms with van der Waals surface area (Å²) in [7, 11) is 0. The molecule has 0 spiro atoms. The van der Waals surface area contributed by atoms with Gasteiger partial charge in [-0.3, -0.25) is 4.79 Å². The van der Waals surface area contributed by atoms with Crippen molar-refractivity contribution in [3.05, 3.63) is 0 Å². The molecule has 0 aromatic heterocycles. The maximum absolute atomic E-state index is 11.5. The van der Waals surface area contributed by atoms with Gasteiger partial charge in [-0.15, -0.1) is 0 Å². The van der Waals surface area contributed by atoms with E-state index in [0.717, 1.165) is 37.1 Å². The van der Waals surface area contributed by atoms with Crippen molar-refractivity contribution < 1.29 is 9.90 Å². The van der Waals surface area contributed by atoms with Crippen LogP contribution in [0.3, 0.4) is 0 Å². The second-order valence-electron chi connectivity index (χ2n) is 8.53. The minimum Gasteiger partial charge on any atom is -0.481 e. The van der Waals surface area contributed by atoms with Crippen LogP contribution in [0.2, 0.25) is 0 Å². The zero-order chi connectivity index (χ0) is 15.2. The summed E-state index contributed by atoms with van der Waals surface area (Å²) in [6, 6.07) is 0.495. The van der Waals surface area contributed by atoms with Gasteiger partial charge in [-0.05, 0) is 67.7 Å². The molecule has 3 aliphatic carbocycles. The van der Waals surface area contributed by atoms with E-state index in [2.05, 4.69) is 26.1 Å². The smallest absolute Gasteiger partial charge is 0.307 e. The second-order valence-corrected chi connectivity index (χ2v) is 8.53. The maximum atomic E-state index is 11.5. The number of hydrogen-bond donors (Lipinski definition) is 2. The van der Waals surface area contributed by atoms with E-state index < -0.39 is 5.97 Å². The van der Waals surface area contributed by atoms with Crippen molar-refractivity contribution in [3.63, 3.8) is 0 Å². The lowest BCUT2D eigenvalue weighted by Crippen LogP contribution is -2.52. The van der Waals surface area contributed by atoms with Gasteiger partial charge < -0.3 is 10.4 Å². The Bertz CT molecular complexity index is 406. The first kappa shape index (κ1) is 15.3. The molecule has 0 heterocycles. The quantitative estimate of drug-likeness (QED) is 0.833. The fourth-order valence-corrected chi connectivity index (χ4v) is 5.45. The van der Waals surface area contributed by atoms with Crippen LogP contribution in [0.15, 0.2) is 0 Å². The highest BCUT2D eigenvalue weighted by Crippen LogP contribution is 2.49. The van der Waals surface area contributed by atoms with Crippen LogP contribution < -0.4 is 5.32 Å². The Kier molecular flexibility index (Phi) is 4.06. The van der Waals surface area contributed by atoms with E-state index in [0.29, 0.717) is 12.0 Å². The van der Waals surface area contributed by atoms with Crippen molar-refractivity contribution in [2.24, 2.45) is 35.0 Å². The summed E-state index contributed by atoms with van der Waals surface area (Å²) in [5.41, 5.74) is -0.115. The molecule has 0 aromatic carbocycles. The Labute approximate surface area is 128 Å². The van der Waals surface area contributed by atoms with E-state index in [9.17, 15) is 9.90 Å². The Balaban J connectivity index is 1.56. The van der Waals surface area contributed by atoms with Gasteiger partial charge >= 0.3 is 5.97 Å². The number of hydrogen-bond acceptors (Lipinski definition) is 2. The highest BCUT2D eigenvalue weighted by atomic mass is 16.4. The lowest BCUT2D eigenvalue weighted by atomic mass is 9.61. The van der Waals surface area contributed by atoms with E-state index >= 15 is 0 Å². The molecule has 120 valence electrons. The number of carboxylic acid groups (broad SMARTS) is 1. The third-order valence-corrected chi connectivity index (χ3v) is 7.27. The van der Waals surface area contributed by atoms with Crippen LogP contribution in [-0.2, 0) is 4.79 Å². The van der Waals surface area contributed by atoms with Gasteiger partial charge in [0.2, 0.25) is 0 Å². The molecule has 0 amide bonds. The van der Waals surface area contributed by atoms with Gasteiger partial charge in [-0.1, -0.05) is 27.2 Å². The molecule has 0 radical (unpaired) electrons. The molecule has 3 nitrogen and oxygen atoms in total. The number of carboxylic acids is 1. The van der Waals surface area contributed by atoms with E-state index in [-0.39, 0.29) is 11.3 Å². The average Bonchev–Trinajstić information content (AvgIpc) is 3.02. The van der Waals surface area contributed by atoms with E-state index in [1.807, 2.05) is 0 Å². The molecule has 3 rings (SSSR count). The minimum absolute atomic E-state index is 0.115. The minimum atomic E-state index is -0.613. The molecular formula is C18H31NO2. The molecule has 6 atom stereocenters. The zero-order valence-corrected chi connectivity index (χ0v) is 13.8. The van der Waals surface area contributed by atoms with Gasteiger partial charge in [-0.2, -0.15) is 0 Å². The number of carbonyl (C=O) groups is 1. The summed E-state index contributed by atoms with van der Waals surface area (Å²) in [6.45, 7) is 7.68. The summed E-state index contributed by atoms with van der Waals surface area (Å²) < 4.78 is 0. The molecule has 0 aromatic rings. The fourth-order valence-electron chi connectivity index (χ4n) is 5.45. The lowest BCUT2D eigenvalue weighted by molar-refractivity contribution is -0.150. The standard InChI is InChI=1S/C18H31NO2/c1-11-16(7-6-15(17(20)21)18(11,2)3)19-10-14-9-12-4-5-13(14)8-12/h11-16,19H,4-10H2,1-3H3,(H,20,21). The van der Waals surface area contributed by atoms with Crippen LogP contribution >= 0.6 is 0 Å². The van der Waals surface area contributed by atoms with Crippen molar-refractivity contribution in [2.45, 2.75) is 65.3 Å². The number of nitrogens with one attached hydrogen (secondary N) is 1. The van der Waals surface area contributed by atoms with Crippen molar-refractivity contribution >= 4 is 5.97 Å². The second kappa shape index (κ2) is 5.57. The van der Waals surface area contributed by atoms with Crippen LogP contribution in [0, 0.1) is 35.0 Å². The first-order chi connectivity index (χ1) is 9.89. The Hall–Kier alpha value is -0.570. The summed E-state index contributed by atoms with van der Waals surface area (Å²) in [4.78, 5) is 11.5. The van der Waals surface area contributed by atoms with Crippen LogP contribution in [-0.4, -0.2) is 23.7 Å². The Morgan fingerprint density at radius 3 is 2.52 bits per heavy atom. The summed E-state index contributed by atoms with van der Waals surface area (Å²) in [6.07, 6.45) is 7.65. The van der Waals surface area contributed by atoms with Gasteiger partial charge in [0.05, 0.1) is 5.92 Å². The molecule has 3 saturated carbocycles. The first-order valence-electron chi connectivity index (χ1n) is 8.85. The Morgan fingerprint density at radius 1 is 1.19 bits per heavy atom. The highest BCUT2D eigenvalue weighted by molar-refractivity contribution is 5.71. The van der Waals surface area contributed by atoms with Gasteiger partial charge in [0.1, 0.15) is 0 Å². The van der Waals surface area contributed by atoms with Crippen molar-refractivity contribution in [3.8, 4) is 0 Å². The normalized spacial score (nSPS) is 44.9. The van der Waals surface area contributed by atoms with E-state index in [4.69, 9.17) is 0 Å². The summed E-state index contributed by atoms with van der Waals surface area (Å²) >= 11 is 0. The first-order valence-corrected chi connectivity index (χ1v) is 8.85. The molecule has 0 saturated heterocycles. The number of fused-ring (bicyclic) bond motifs is 2. The van der Waals surface area contributed by atoms with Gasteiger partial charge in [0.25, 0.3) is 0 Å². The topological polar surface area (TPSA) is 49.3 Å². The third kappa shape index (κ3) is 2.74. The molecule has 2 bridgehead atoms. The fraction of sp³-hybridized carbons (Fsp3) is 0.944. The molecule has 21 heavy (non-hydrogen) atoms. The molecule has 3 heteroatoms. The van der Waals surface area contributed by atoms with Crippen LogP contribution in [0.25, 0.3) is 0 Å². The lowest BCUT2D eigenvalue weighted by Gasteiger charge is -2.46. The number of aliphatic carboxylic acids is 1. The third-order valence-electron chi connectivity index (χ3n) is 7.27. The summed E-state index contributed by atoms with van der Waals surface area (Å²) in [5.74, 6) is 2.49. The SMILES string of the molecule is CC1C(NCC2CC3CCC2C3)CCC(C(=O)O)C1(C)C. The molecular weight excluding hydrogens is 262 g/mol. The Morgan fingerprint density at radius 2 is 1.95 bits per heavy atom. The van der Waals surface area contributed by atoms with E-state index in [1.165, 1.54) is 25.7 Å². The van der Waals surface area contributed by atoms with Crippen LogP contribution in [0.5, 0.6) is 0 Å². The summed E-state index contributed by atoms with van der Waals surface area (Å²) in [5, 5.41) is 13.3. The maximum Gasteiger partial charge on any atom is 0.307 e. The zero-order valence-electron chi connectivity index (χ0n) is 13.8. The molecule has 3 fully saturated rings. The molecule has 3 aliphatic rings. The molecule has 6 unspecified atom stereocenters. The van der Waals surface area contributed by atoms with Crippen LogP contribution in [0.1, 0.15) is 59.3 Å². The monoisotopic (exact) mass is 293 g/mol. The highest BCUT2D eigenvalue weighted by Gasteiger charge is 2.46. The van der Waals surface area contributed by atoms with Gasteiger partial charge in [-0.25, -0.2) is 0 Å². The number of rotatable bonds is 4. The molecule has 2 N–H and O–H groups in total. The van der Waals surface area contributed by atoms with E-state index in [1.54, 1.807) is 0 Å². The van der Waals surface area contributed by atoms with Crippen molar-refractivity contribution in [1.29, 1.82) is 0 Å².